The highest BCUT2D eigenvalue weighted by atomic mass is 35.5. The zero-order chi connectivity index (χ0) is 22.7. The van der Waals surface area contributed by atoms with E-state index in [1.165, 1.54) is 17.0 Å². The van der Waals surface area contributed by atoms with Gasteiger partial charge in [-0.1, -0.05) is 23.7 Å². The van der Waals surface area contributed by atoms with Crippen LogP contribution in [-0.2, 0) is 14.3 Å². The van der Waals surface area contributed by atoms with E-state index in [2.05, 4.69) is 4.90 Å². The van der Waals surface area contributed by atoms with E-state index in [-0.39, 0.29) is 17.1 Å². The smallest absolute Gasteiger partial charge is 0.295 e. The van der Waals surface area contributed by atoms with Crippen LogP contribution in [0.15, 0.2) is 54.1 Å². The van der Waals surface area contributed by atoms with Crippen molar-refractivity contribution in [1.82, 2.24) is 9.80 Å². The van der Waals surface area contributed by atoms with E-state index in [0.717, 1.165) is 19.6 Å². The predicted octanol–water partition coefficient (Wildman–Crippen LogP) is 3.19. The molecule has 0 bridgehead atoms. The summed E-state index contributed by atoms with van der Waals surface area (Å²) in [5.74, 6) is -1.52. The van der Waals surface area contributed by atoms with Gasteiger partial charge in [-0.05, 0) is 48.4 Å². The van der Waals surface area contributed by atoms with E-state index >= 15 is 0 Å². The Morgan fingerprint density at radius 1 is 1.00 bits per heavy atom. The summed E-state index contributed by atoms with van der Waals surface area (Å²) in [6.45, 7) is 4.22. The van der Waals surface area contributed by atoms with Crippen LogP contribution in [0.5, 0.6) is 5.75 Å². The number of nitrogens with zero attached hydrogens (tertiary/aromatic N) is 2. The van der Waals surface area contributed by atoms with Gasteiger partial charge in [0.05, 0.1) is 24.8 Å². The average molecular weight is 457 g/mol. The molecule has 32 heavy (non-hydrogen) atoms. The number of ketones is 1. The van der Waals surface area contributed by atoms with Gasteiger partial charge in [0.1, 0.15) is 11.5 Å². The van der Waals surface area contributed by atoms with Gasteiger partial charge in [0, 0.05) is 36.8 Å². The van der Waals surface area contributed by atoms with Gasteiger partial charge in [0.15, 0.2) is 0 Å². The van der Waals surface area contributed by atoms with Gasteiger partial charge in [-0.2, -0.15) is 0 Å². The molecule has 1 atom stereocenters. The van der Waals surface area contributed by atoms with Crippen LogP contribution in [0.2, 0.25) is 5.02 Å². The Kier molecular flexibility index (Phi) is 6.79. The Morgan fingerprint density at radius 2 is 1.66 bits per heavy atom. The highest BCUT2D eigenvalue weighted by molar-refractivity contribution is 6.46. The predicted molar refractivity (Wildman–Crippen MR) is 120 cm³/mol. The normalized spacial score (nSPS) is 21.3. The number of aliphatic hydroxyl groups is 1. The minimum Gasteiger partial charge on any atom is -0.508 e. The molecular weight excluding hydrogens is 432 g/mol. The Morgan fingerprint density at radius 3 is 2.31 bits per heavy atom. The molecule has 2 aliphatic heterocycles. The third-order valence-electron chi connectivity index (χ3n) is 5.84. The Labute approximate surface area is 191 Å². The maximum Gasteiger partial charge on any atom is 0.295 e. The Balaban J connectivity index is 1.66. The molecule has 0 aromatic heterocycles. The minimum absolute atomic E-state index is 0.0365. The highest BCUT2D eigenvalue weighted by Gasteiger charge is 2.45. The van der Waals surface area contributed by atoms with Crippen molar-refractivity contribution in [2.45, 2.75) is 12.5 Å². The number of rotatable bonds is 6. The van der Waals surface area contributed by atoms with Crippen molar-refractivity contribution in [2.24, 2.45) is 0 Å². The molecule has 0 radical (unpaired) electrons. The molecule has 1 amide bonds. The van der Waals surface area contributed by atoms with E-state index in [1.807, 2.05) is 0 Å². The molecule has 168 valence electrons. The lowest BCUT2D eigenvalue weighted by Gasteiger charge is -2.29. The number of benzene rings is 2. The van der Waals surface area contributed by atoms with Gasteiger partial charge >= 0.3 is 0 Å². The lowest BCUT2D eigenvalue weighted by Crippen LogP contribution is -2.38. The van der Waals surface area contributed by atoms with Gasteiger partial charge in [0.25, 0.3) is 11.7 Å². The van der Waals surface area contributed by atoms with E-state index < -0.39 is 17.7 Å². The SMILES string of the molecule is O=C1C(=O)N(CCCN2CCOCC2)[C@@H](c2ccc(O)cc2)C1=C(O)c1ccc(Cl)cc1. The average Bonchev–Trinajstić information content (AvgIpc) is 3.05. The van der Waals surface area contributed by atoms with Crippen molar-refractivity contribution in [3.05, 3.63) is 70.3 Å². The quantitative estimate of drug-likeness (QED) is 0.394. The second kappa shape index (κ2) is 9.73. The van der Waals surface area contributed by atoms with Gasteiger partial charge in [0.2, 0.25) is 0 Å². The number of halogens is 1. The number of carbonyl (C=O) groups is 2. The van der Waals surface area contributed by atoms with Crippen LogP contribution in [0.1, 0.15) is 23.6 Å². The van der Waals surface area contributed by atoms with Crippen molar-refractivity contribution in [3.63, 3.8) is 0 Å². The largest absolute Gasteiger partial charge is 0.508 e. The van der Waals surface area contributed by atoms with Crippen LogP contribution in [0, 0.1) is 0 Å². The Bertz CT molecular complexity index is 1010. The third-order valence-corrected chi connectivity index (χ3v) is 6.10. The maximum absolute atomic E-state index is 13.0. The fourth-order valence-electron chi connectivity index (χ4n) is 4.17. The molecule has 8 heteroatoms. The summed E-state index contributed by atoms with van der Waals surface area (Å²) in [5, 5.41) is 21.2. The number of carbonyl (C=O) groups excluding carboxylic acids is 2. The molecule has 0 spiro atoms. The molecule has 2 aliphatic rings. The number of aliphatic hydroxyl groups excluding tert-OH is 1. The van der Waals surface area contributed by atoms with Gasteiger partial charge in [-0.15, -0.1) is 0 Å². The van der Waals surface area contributed by atoms with Crippen LogP contribution in [0.4, 0.5) is 0 Å². The van der Waals surface area contributed by atoms with Crippen LogP contribution in [0.25, 0.3) is 5.76 Å². The summed E-state index contributed by atoms with van der Waals surface area (Å²) < 4.78 is 5.37. The lowest BCUT2D eigenvalue weighted by molar-refractivity contribution is -0.140. The number of hydrogen-bond donors (Lipinski definition) is 2. The van der Waals surface area contributed by atoms with Crippen molar-refractivity contribution >= 4 is 29.1 Å². The number of Topliss-reactive ketones (excluding diaryl/α,β-unsaturated/α-hetero) is 1. The van der Waals surface area contributed by atoms with Crippen molar-refractivity contribution < 1.29 is 24.5 Å². The summed E-state index contributed by atoms with van der Waals surface area (Å²) in [5.41, 5.74) is 1.09. The van der Waals surface area contributed by atoms with Crippen molar-refractivity contribution in [3.8, 4) is 5.75 Å². The second-order valence-electron chi connectivity index (χ2n) is 7.90. The lowest BCUT2D eigenvalue weighted by atomic mass is 9.95. The molecule has 0 unspecified atom stereocenters. The van der Waals surface area contributed by atoms with Crippen molar-refractivity contribution in [2.75, 3.05) is 39.4 Å². The van der Waals surface area contributed by atoms with Crippen molar-refractivity contribution in [1.29, 1.82) is 0 Å². The molecular formula is C24H25ClN2O5. The van der Waals surface area contributed by atoms with Gasteiger partial charge in [-0.25, -0.2) is 0 Å². The molecule has 7 nitrogen and oxygen atoms in total. The topological polar surface area (TPSA) is 90.3 Å². The second-order valence-corrected chi connectivity index (χ2v) is 8.33. The Hall–Kier alpha value is -2.87. The standard InChI is InChI=1S/C24H25ClN2O5/c25-18-6-2-17(3-7-18)22(29)20-21(16-4-8-19(28)9-5-16)27(24(31)23(20)30)11-1-10-26-12-14-32-15-13-26/h2-9,21,28-29H,1,10-15H2/t21-/m0/s1. The maximum atomic E-state index is 13.0. The summed E-state index contributed by atoms with van der Waals surface area (Å²) in [6.07, 6.45) is 0.683. The van der Waals surface area contributed by atoms with Crippen LogP contribution in [-0.4, -0.2) is 71.1 Å². The zero-order valence-electron chi connectivity index (χ0n) is 17.5. The van der Waals surface area contributed by atoms with E-state index in [1.54, 1.807) is 36.4 Å². The van der Waals surface area contributed by atoms with Crippen LogP contribution in [0.3, 0.4) is 0 Å². The minimum atomic E-state index is -0.740. The number of amides is 1. The first-order chi connectivity index (χ1) is 15.5. The fraction of sp³-hybridized carbons (Fsp3) is 0.333. The molecule has 2 N–H and O–H groups in total. The molecule has 2 heterocycles. The van der Waals surface area contributed by atoms with Gasteiger partial charge < -0.3 is 19.8 Å². The molecule has 2 aromatic rings. The molecule has 2 fully saturated rings. The number of ether oxygens (including phenoxy) is 1. The van der Waals surface area contributed by atoms with Crippen LogP contribution >= 0.6 is 11.6 Å². The summed E-state index contributed by atoms with van der Waals surface area (Å²) in [4.78, 5) is 29.7. The number of aromatic hydroxyl groups is 1. The number of hydrogen-bond acceptors (Lipinski definition) is 6. The molecule has 0 saturated carbocycles. The van der Waals surface area contributed by atoms with Gasteiger partial charge in [-0.3, -0.25) is 14.5 Å². The number of phenols is 1. The van der Waals surface area contributed by atoms with E-state index in [4.69, 9.17) is 16.3 Å². The third kappa shape index (κ3) is 4.65. The molecule has 2 aromatic carbocycles. The fourth-order valence-corrected chi connectivity index (χ4v) is 4.29. The number of likely N-dealkylation sites (tertiary alicyclic amines) is 1. The highest BCUT2D eigenvalue weighted by Crippen LogP contribution is 2.40. The molecule has 2 saturated heterocycles. The zero-order valence-corrected chi connectivity index (χ0v) is 18.3. The van der Waals surface area contributed by atoms with Crippen LogP contribution < -0.4 is 0 Å². The summed E-state index contributed by atoms with van der Waals surface area (Å²) in [6, 6.07) is 12.0. The monoisotopic (exact) mass is 456 g/mol. The molecule has 4 rings (SSSR count). The van der Waals surface area contributed by atoms with E-state index in [9.17, 15) is 19.8 Å². The first kappa shape index (κ1) is 22.3. The summed E-state index contributed by atoms with van der Waals surface area (Å²) in [7, 11) is 0. The first-order valence-corrected chi connectivity index (χ1v) is 11.0. The number of morpholine rings is 1. The first-order valence-electron chi connectivity index (χ1n) is 10.6. The molecule has 0 aliphatic carbocycles. The number of phenolic OH excluding ortho intramolecular Hbond substituents is 1. The van der Waals surface area contributed by atoms with E-state index in [0.29, 0.717) is 42.3 Å². The summed E-state index contributed by atoms with van der Waals surface area (Å²) >= 11 is 5.95.